The molecule has 1 atom stereocenters. The maximum Gasteiger partial charge on any atom is 0.323 e. The fraction of sp³-hybridized carbons (Fsp3) is 0.900. The smallest absolute Gasteiger partial charge is 0.323 e. The maximum atomic E-state index is 11.6. The van der Waals surface area contributed by atoms with Gasteiger partial charge in [-0.3, -0.25) is 9.69 Å². The number of esters is 1. The Morgan fingerprint density at radius 1 is 1.57 bits per heavy atom. The molecule has 0 saturated carbocycles. The normalized spacial score (nSPS) is 23.4. The SMILES string of the molecule is CCOC(=O)C1CCCCN1CCN. The van der Waals surface area contributed by atoms with E-state index in [1.807, 2.05) is 6.92 Å². The number of hydrogen-bond donors (Lipinski definition) is 1. The third kappa shape index (κ3) is 2.96. The molecule has 0 radical (unpaired) electrons. The van der Waals surface area contributed by atoms with Crippen LogP contribution in [0.1, 0.15) is 26.2 Å². The number of likely N-dealkylation sites (tertiary alicyclic amines) is 1. The number of ether oxygens (including phenoxy) is 1. The standard InChI is InChI=1S/C10H20N2O2/c1-2-14-10(13)9-5-3-4-7-12(9)8-6-11/h9H,2-8,11H2,1H3. The van der Waals surface area contributed by atoms with Gasteiger partial charge in [0.2, 0.25) is 0 Å². The van der Waals surface area contributed by atoms with Crippen LogP contribution in [0.5, 0.6) is 0 Å². The van der Waals surface area contributed by atoms with Crippen LogP contribution in [0, 0.1) is 0 Å². The van der Waals surface area contributed by atoms with Gasteiger partial charge in [-0.15, -0.1) is 0 Å². The summed E-state index contributed by atoms with van der Waals surface area (Å²) in [6.07, 6.45) is 3.19. The lowest BCUT2D eigenvalue weighted by molar-refractivity contribution is -0.150. The minimum absolute atomic E-state index is 0.0488. The molecule has 0 aliphatic carbocycles. The van der Waals surface area contributed by atoms with Crippen molar-refractivity contribution in [1.82, 2.24) is 4.90 Å². The van der Waals surface area contributed by atoms with Gasteiger partial charge in [0.25, 0.3) is 0 Å². The number of hydrogen-bond acceptors (Lipinski definition) is 4. The predicted molar refractivity (Wildman–Crippen MR) is 54.9 cm³/mol. The molecule has 2 N–H and O–H groups in total. The molecule has 4 nitrogen and oxygen atoms in total. The van der Waals surface area contributed by atoms with E-state index in [2.05, 4.69) is 4.90 Å². The highest BCUT2D eigenvalue weighted by molar-refractivity contribution is 5.75. The van der Waals surface area contributed by atoms with Gasteiger partial charge in [-0.05, 0) is 26.3 Å². The van der Waals surface area contributed by atoms with Crippen LogP contribution in [-0.2, 0) is 9.53 Å². The van der Waals surface area contributed by atoms with Crippen molar-refractivity contribution in [3.63, 3.8) is 0 Å². The molecule has 1 rings (SSSR count). The van der Waals surface area contributed by atoms with Crippen LogP contribution in [0.15, 0.2) is 0 Å². The first-order valence-electron chi connectivity index (χ1n) is 5.40. The first kappa shape index (κ1) is 11.5. The van der Waals surface area contributed by atoms with Crippen LogP contribution in [0.4, 0.5) is 0 Å². The zero-order valence-corrected chi connectivity index (χ0v) is 8.87. The van der Waals surface area contributed by atoms with Gasteiger partial charge in [0.05, 0.1) is 6.61 Å². The molecule has 0 spiro atoms. The van der Waals surface area contributed by atoms with E-state index in [9.17, 15) is 4.79 Å². The van der Waals surface area contributed by atoms with Crippen molar-refractivity contribution in [2.75, 3.05) is 26.2 Å². The van der Waals surface area contributed by atoms with Crippen LogP contribution in [0.2, 0.25) is 0 Å². The summed E-state index contributed by atoms with van der Waals surface area (Å²) in [6.45, 7) is 4.68. The van der Waals surface area contributed by atoms with Gasteiger partial charge in [-0.2, -0.15) is 0 Å². The number of nitrogens with two attached hydrogens (primary N) is 1. The van der Waals surface area contributed by atoms with Crippen LogP contribution < -0.4 is 5.73 Å². The molecule has 0 aromatic heterocycles. The van der Waals surface area contributed by atoms with Gasteiger partial charge >= 0.3 is 5.97 Å². The quantitative estimate of drug-likeness (QED) is 0.666. The Kier molecular flexibility index (Phi) is 4.90. The van der Waals surface area contributed by atoms with E-state index in [0.29, 0.717) is 13.2 Å². The van der Waals surface area contributed by atoms with Crippen molar-refractivity contribution in [2.24, 2.45) is 5.73 Å². The Labute approximate surface area is 85.4 Å². The van der Waals surface area contributed by atoms with Crippen molar-refractivity contribution < 1.29 is 9.53 Å². The predicted octanol–water partition coefficient (Wildman–Crippen LogP) is 0.363. The summed E-state index contributed by atoms with van der Waals surface area (Å²) in [7, 11) is 0. The molecular weight excluding hydrogens is 180 g/mol. The first-order chi connectivity index (χ1) is 6.79. The van der Waals surface area contributed by atoms with Gasteiger partial charge < -0.3 is 10.5 Å². The van der Waals surface area contributed by atoms with Gasteiger partial charge in [0.1, 0.15) is 6.04 Å². The number of piperidine rings is 1. The highest BCUT2D eigenvalue weighted by Gasteiger charge is 2.28. The van der Waals surface area contributed by atoms with Crippen molar-refractivity contribution in [1.29, 1.82) is 0 Å². The van der Waals surface area contributed by atoms with Gasteiger partial charge in [0, 0.05) is 13.1 Å². The molecule has 14 heavy (non-hydrogen) atoms. The molecule has 1 aliphatic rings. The summed E-state index contributed by atoms with van der Waals surface area (Å²) in [4.78, 5) is 13.7. The van der Waals surface area contributed by atoms with Crippen LogP contribution >= 0.6 is 0 Å². The van der Waals surface area contributed by atoms with Crippen LogP contribution in [0.25, 0.3) is 0 Å². The molecule has 0 aromatic carbocycles. The van der Waals surface area contributed by atoms with Crippen molar-refractivity contribution >= 4 is 5.97 Å². The average molecular weight is 200 g/mol. The largest absolute Gasteiger partial charge is 0.465 e. The first-order valence-corrected chi connectivity index (χ1v) is 5.40. The minimum Gasteiger partial charge on any atom is -0.465 e. The number of rotatable bonds is 4. The van der Waals surface area contributed by atoms with E-state index >= 15 is 0 Å². The van der Waals surface area contributed by atoms with Crippen LogP contribution in [0.3, 0.4) is 0 Å². The molecule has 1 aliphatic heterocycles. The molecule has 0 aromatic rings. The second-order valence-corrected chi connectivity index (χ2v) is 3.59. The Hall–Kier alpha value is -0.610. The van der Waals surface area contributed by atoms with Crippen LogP contribution in [-0.4, -0.2) is 43.2 Å². The molecule has 4 heteroatoms. The highest BCUT2D eigenvalue weighted by Crippen LogP contribution is 2.17. The Bertz CT molecular complexity index is 183. The lowest BCUT2D eigenvalue weighted by atomic mass is 10.0. The number of carbonyl (C=O) groups is 1. The summed E-state index contributed by atoms with van der Waals surface area (Å²) >= 11 is 0. The topological polar surface area (TPSA) is 55.6 Å². The maximum absolute atomic E-state index is 11.6. The highest BCUT2D eigenvalue weighted by atomic mass is 16.5. The molecule has 82 valence electrons. The Balaban J connectivity index is 2.48. The second kappa shape index (κ2) is 5.98. The van der Waals surface area contributed by atoms with E-state index in [4.69, 9.17) is 10.5 Å². The fourth-order valence-electron chi connectivity index (χ4n) is 1.93. The lowest BCUT2D eigenvalue weighted by Gasteiger charge is -2.33. The second-order valence-electron chi connectivity index (χ2n) is 3.59. The minimum atomic E-state index is -0.0827. The lowest BCUT2D eigenvalue weighted by Crippen LogP contribution is -2.47. The zero-order chi connectivity index (χ0) is 10.4. The summed E-state index contributed by atoms with van der Waals surface area (Å²) in [5.74, 6) is -0.0827. The van der Waals surface area contributed by atoms with E-state index in [1.54, 1.807) is 0 Å². The average Bonchev–Trinajstić information content (AvgIpc) is 2.19. The van der Waals surface area contributed by atoms with Crippen molar-refractivity contribution in [3.8, 4) is 0 Å². The van der Waals surface area contributed by atoms with E-state index < -0.39 is 0 Å². The van der Waals surface area contributed by atoms with Crippen molar-refractivity contribution in [3.05, 3.63) is 0 Å². The van der Waals surface area contributed by atoms with Gasteiger partial charge in [-0.25, -0.2) is 0 Å². The molecule has 1 saturated heterocycles. The summed E-state index contributed by atoms with van der Waals surface area (Å²) in [5, 5.41) is 0. The van der Waals surface area contributed by atoms with E-state index in [1.165, 1.54) is 0 Å². The fourth-order valence-corrected chi connectivity index (χ4v) is 1.93. The molecule has 1 fully saturated rings. The molecule has 1 heterocycles. The van der Waals surface area contributed by atoms with Gasteiger partial charge in [-0.1, -0.05) is 6.42 Å². The third-order valence-corrected chi connectivity index (χ3v) is 2.59. The number of carbonyl (C=O) groups excluding carboxylic acids is 1. The zero-order valence-electron chi connectivity index (χ0n) is 8.87. The summed E-state index contributed by atoms with van der Waals surface area (Å²) in [6, 6.07) is -0.0488. The van der Waals surface area contributed by atoms with E-state index in [-0.39, 0.29) is 12.0 Å². The molecule has 0 bridgehead atoms. The van der Waals surface area contributed by atoms with E-state index in [0.717, 1.165) is 32.4 Å². The Morgan fingerprint density at radius 2 is 2.36 bits per heavy atom. The summed E-state index contributed by atoms with van der Waals surface area (Å²) < 4.78 is 5.04. The number of nitrogens with zero attached hydrogens (tertiary/aromatic N) is 1. The van der Waals surface area contributed by atoms with Gasteiger partial charge in [0.15, 0.2) is 0 Å². The van der Waals surface area contributed by atoms with Crippen molar-refractivity contribution in [2.45, 2.75) is 32.2 Å². The summed E-state index contributed by atoms with van der Waals surface area (Å²) in [5.41, 5.74) is 5.50. The Morgan fingerprint density at radius 3 is 3.00 bits per heavy atom. The molecule has 1 unspecified atom stereocenters. The molecular formula is C10H20N2O2. The monoisotopic (exact) mass is 200 g/mol. The molecule has 0 amide bonds. The third-order valence-electron chi connectivity index (χ3n) is 2.59.